The Bertz CT molecular complexity index is 354. The number of benzene rings is 1. The van der Waals surface area contributed by atoms with E-state index in [0.29, 0.717) is 13.0 Å². The number of aliphatic hydroxyl groups is 1. The summed E-state index contributed by atoms with van der Waals surface area (Å²) >= 11 is 0. The second-order valence-electron chi connectivity index (χ2n) is 3.54. The summed E-state index contributed by atoms with van der Waals surface area (Å²) in [5, 5.41) is 9.85. The van der Waals surface area contributed by atoms with Gasteiger partial charge in [0.2, 0.25) is 0 Å². The average molecular weight is 203 g/mol. The van der Waals surface area contributed by atoms with E-state index in [2.05, 4.69) is 5.92 Å². The molecule has 1 rings (SSSR count). The third-order valence-electron chi connectivity index (χ3n) is 2.42. The van der Waals surface area contributed by atoms with Crippen LogP contribution in [0.2, 0.25) is 0 Å². The molecule has 0 saturated carbocycles. The van der Waals surface area contributed by atoms with Gasteiger partial charge in [0.1, 0.15) is 0 Å². The molecule has 15 heavy (non-hydrogen) atoms. The van der Waals surface area contributed by atoms with Crippen molar-refractivity contribution in [1.82, 2.24) is 0 Å². The van der Waals surface area contributed by atoms with E-state index in [0.717, 1.165) is 11.3 Å². The summed E-state index contributed by atoms with van der Waals surface area (Å²) in [5.41, 5.74) is 1.95. The van der Waals surface area contributed by atoms with Crippen molar-refractivity contribution in [2.45, 2.75) is 19.4 Å². The number of rotatable bonds is 4. The molecule has 0 unspecified atom stereocenters. The summed E-state index contributed by atoms with van der Waals surface area (Å²) in [4.78, 5) is 1.97. The highest BCUT2D eigenvalue weighted by molar-refractivity contribution is 5.54. The largest absolute Gasteiger partial charge is 0.388 e. The van der Waals surface area contributed by atoms with Gasteiger partial charge < -0.3 is 10.0 Å². The molecule has 1 N–H and O–H groups in total. The van der Waals surface area contributed by atoms with Crippen LogP contribution in [0.5, 0.6) is 0 Å². The molecule has 80 valence electrons. The van der Waals surface area contributed by atoms with E-state index >= 15 is 0 Å². The molecule has 0 radical (unpaired) electrons. The van der Waals surface area contributed by atoms with Crippen LogP contribution < -0.4 is 4.90 Å². The highest BCUT2D eigenvalue weighted by Crippen LogP contribution is 2.26. The van der Waals surface area contributed by atoms with Crippen LogP contribution >= 0.6 is 0 Å². The Labute approximate surface area is 91.5 Å². The van der Waals surface area contributed by atoms with E-state index < -0.39 is 6.10 Å². The predicted octanol–water partition coefficient (Wildman–Crippen LogP) is 2.20. The summed E-state index contributed by atoms with van der Waals surface area (Å²) in [6, 6.07) is 7.80. The lowest BCUT2D eigenvalue weighted by atomic mass is 10.0. The Balaban J connectivity index is 3.01. The van der Waals surface area contributed by atoms with Gasteiger partial charge in [-0.15, -0.1) is 6.42 Å². The van der Waals surface area contributed by atoms with Gasteiger partial charge in [-0.3, -0.25) is 0 Å². The molecular weight excluding hydrogens is 186 g/mol. The molecule has 0 heterocycles. The molecule has 0 spiro atoms. The highest BCUT2D eigenvalue weighted by atomic mass is 16.3. The van der Waals surface area contributed by atoms with Gasteiger partial charge in [0.25, 0.3) is 0 Å². The fraction of sp³-hybridized carbons (Fsp3) is 0.385. The Morgan fingerprint density at radius 2 is 2.13 bits per heavy atom. The van der Waals surface area contributed by atoms with Crippen LogP contribution in [0.3, 0.4) is 0 Å². The van der Waals surface area contributed by atoms with Gasteiger partial charge >= 0.3 is 0 Å². The summed E-state index contributed by atoms with van der Waals surface area (Å²) in [5.74, 6) is 2.59. The van der Waals surface area contributed by atoms with E-state index in [1.807, 2.05) is 43.1 Å². The lowest BCUT2D eigenvalue weighted by Gasteiger charge is -2.22. The van der Waals surface area contributed by atoms with E-state index in [1.165, 1.54) is 0 Å². The smallest absolute Gasteiger partial charge is 0.0807 e. The van der Waals surface area contributed by atoms with Crippen LogP contribution in [0, 0.1) is 12.3 Å². The Morgan fingerprint density at radius 3 is 2.73 bits per heavy atom. The van der Waals surface area contributed by atoms with Gasteiger partial charge in [-0.1, -0.05) is 31.0 Å². The van der Waals surface area contributed by atoms with Gasteiger partial charge in [-0.2, -0.15) is 0 Å². The van der Waals surface area contributed by atoms with Crippen molar-refractivity contribution >= 4 is 5.69 Å². The summed E-state index contributed by atoms with van der Waals surface area (Å²) in [6.45, 7) is 2.51. The summed E-state index contributed by atoms with van der Waals surface area (Å²) in [7, 11) is 1.93. The summed E-state index contributed by atoms with van der Waals surface area (Å²) in [6.07, 6.45) is 5.57. The zero-order valence-electron chi connectivity index (χ0n) is 9.27. The number of para-hydroxylation sites is 1. The van der Waals surface area contributed by atoms with E-state index in [-0.39, 0.29) is 0 Å². The molecule has 0 aliphatic carbocycles. The molecule has 0 aliphatic heterocycles. The second kappa shape index (κ2) is 5.43. The van der Waals surface area contributed by atoms with Gasteiger partial charge in [0.15, 0.2) is 0 Å². The van der Waals surface area contributed by atoms with Crippen LogP contribution in [-0.2, 0) is 0 Å². The normalized spacial score (nSPS) is 11.9. The standard InChI is InChI=1S/C13H17NO/c1-4-10-14(3)12-9-7-6-8-11(12)13(15)5-2/h1,6-9,13,15H,5,10H2,2-3H3/t13-/m0/s1. The monoisotopic (exact) mass is 203 g/mol. The molecule has 2 nitrogen and oxygen atoms in total. The van der Waals surface area contributed by atoms with Crippen molar-refractivity contribution in [1.29, 1.82) is 0 Å². The maximum absolute atomic E-state index is 9.85. The summed E-state index contributed by atoms with van der Waals surface area (Å²) < 4.78 is 0. The number of aliphatic hydroxyl groups excluding tert-OH is 1. The quantitative estimate of drug-likeness (QED) is 0.758. The fourth-order valence-electron chi connectivity index (χ4n) is 1.56. The van der Waals surface area contributed by atoms with Gasteiger partial charge in [0.05, 0.1) is 12.6 Å². The Hall–Kier alpha value is -1.46. The minimum absolute atomic E-state index is 0.415. The van der Waals surface area contributed by atoms with Crippen LogP contribution in [0.1, 0.15) is 25.0 Å². The molecule has 0 aromatic heterocycles. The maximum Gasteiger partial charge on any atom is 0.0807 e. The molecule has 0 aliphatic rings. The molecule has 2 heteroatoms. The van der Waals surface area contributed by atoms with E-state index in [4.69, 9.17) is 6.42 Å². The topological polar surface area (TPSA) is 23.5 Å². The van der Waals surface area contributed by atoms with Crippen molar-refractivity contribution in [3.05, 3.63) is 29.8 Å². The first-order valence-corrected chi connectivity index (χ1v) is 5.12. The second-order valence-corrected chi connectivity index (χ2v) is 3.54. The predicted molar refractivity (Wildman–Crippen MR) is 63.8 cm³/mol. The van der Waals surface area contributed by atoms with Crippen molar-refractivity contribution in [2.24, 2.45) is 0 Å². The van der Waals surface area contributed by atoms with Crippen LogP contribution in [0.25, 0.3) is 0 Å². The molecule has 1 aromatic rings. The maximum atomic E-state index is 9.85. The molecule has 0 amide bonds. The first-order valence-electron chi connectivity index (χ1n) is 5.12. The highest BCUT2D eigenvalue weighted by Gasteiger charge is 2.11. The molecule has 0 bridgehead atoms. The number of terminal acetylenes is 1. The van der Waals surface area contributed by atoms with E-state index in [1.54, 1.807) is 0 Å². The molecular formula is C13H17NO. The van der Waals surface area contributed by atoms with Crippen molar-refractivity contribution in [3.8, 4) is 12.3 Å². The minimum atomic E-state index is -0.415. The Morgan fingerprint density at radius 1 is 1.47 bits per heavy atom. The molecule has 0 fully saturated rings. The molecule has 1 aromatic carbocycles. The van der Waals surface area contributed by atoms with Gasteiger partial charge in [-0.05, 0) is 12.5 Å². The lowest BCUT2D eigenvalue weighted by Crippen LogP contribution is -2.19. The Kier molecular flexibility index (Phi) is 4.20. The first-order chi connectivity index (χ1) is 7.20. The van der Waals surface area contributed by atoms with Gasteiger partial charge in [-0.25, -0.2) is 0 Å². The lowest BCUT2D eigenvalue weighted by molar-refractivity contribution is 0.174. The van der Waals surface area contributed by atoms with Crippen molar-refractivity contribution in [2.75, 3.05) is 18.5 Å². The third-order valence-corrected chi connectivity index (χ3v) is 2.42. The SMILES string of the molecule is C#CCN(C)c1ccccc1[C@@H](O)CC. The first kappa shape index (κ1) is 11.6. The third kappa shape index (κ3) is 2.74. The van der Waals surface area contributed by atoms with E-state index in [9.17, 15) is 5.11 Å². The van der Waals surface area contributed by atoms with Crippen LogP contribution in [0.4, 0.5) is 5.69 Å². The molecule has 0 saturated heterocycles. The fourth-order valence-corrected chi connectivity index (χ4v) is 1.56. The number of hydrogen-bond donors (Lipinski definition) is 1. The van der Waals surface area contributed by atoms with Crippen molar-refractivity contribution in [3.63, 3.8) is 0 Å². The average Bonchev–Trinajstić information content (AvgIpc) is 2.28. The van der Waals surface area contributed by atoms with Crippen LogP contribution in [-0.4, -0.2) is 18.7 Å². The minimum Gasteiger partial charge on any atom is -0.388 e. The van der Waals surface area contributed by atoms with Crippen LogP contribution in [0.15, 0.2) is 24.3 Å². The number of hydrogen-bond acceptors (Lipinski definition) is 2. The molecule has 1 atom stereocenters. The van der Waals surface area contributed by atoms with Gasteiger partial charge in [0, 0.05) is 18.3 Å². The zero-order valence-corrected chi connectivity index (χ0v) is 9.27. The zero-order chi connectivity index (χ0) is 11.3. The number of anilines is 1. The number of nitrogens with zero attached hydrogens (tertiary/aromatic N) is 1. The van der Waals surface area contributed by atoms with Crippen molar-refractivity contribution < 1.29 is 5.11 Å².